The largest absolute Gasteiger partial charge is 0.359 e. The number of nitrogens with one attached hydrogen (secondary N) is 3. The van der Waals surface area contributed by atoms with E-state index in [0.29, 0.717) is 0 Å². The van der Waals surface area contributed by atoms with Crippen molar-refractivity contribution in [1.82, 2.24) is 15.0 Å². The molecule has 3 aromatic rings. The number of anilines is 1. The van der Waals surface area contributed by atoms with Crippen molar-refractivity contribution in [3.05, 3.63) is 36.0 Å². The van der Waals surface area contributed by atoms with Gasteiger partial charge in [0.25, 0.3) is 0 Å². The first-order chi connectivity index (χ1) is 9.22. The van der Waals surface area contributed by atoms with Gasteiger partial charge in [0.05, 0.1) is 22.6 Å². The molecule has 5 nitrogen and oxygen atoms in total. The van der Waals surface area contributed by atoms with E-state index in [2.05, 4.69) is 20.3 Å². The topological polar surface area (TPSA) is 73.6 Å². The molecule has 4 rings (SSSR count). The molecule has 1 atom stereocenters. The molecule has 0 aliphatic carbocycles. The van der Waals surface area contributed by atoms with Gasteiger partial charge in [-0.05, 0) is 36.8 Å². The number of hydrogen-bond donors (Lipinski definition) is 3. The number of rotatable bonds is 1. The molecule has 19 heavy (non-hydrogen) atoms. The van der Waals surface area contributed by atoms with Crippen LogP contribution in [0.25, 0.3) is 22.6 Å². The highest BCUT2D eigenvalue weighted by atomic mass is 16.2. The second-order valence-electron chi connectivity index (χ2n) is 4.84. The first-order valence-corrected chi connectivity index (χ1v) is 6.20. The molecule has 0 saturated carbocycles. The van der Waals surface area contributed by atoms with Gasteiger partial charge in [-0.3, -0.25) is 4.79 Å². The van der Waals surface area contributed by atoms with Gasteiger partial charge in [-0.2, -0.15) is 0 Å². The van der Waals surface area contributed by atoms with Crippen LogP contribution in [0, 0.1) is 0 Å². The van der Waals surface area contributed by atoms with Crippen molar-refractivity contribution in [3.63, 3.8) is 0 Å². The quantitative estimate of drug-likeness (QED) is 0.622. The monoisotopic (exact) mass is 252 g/mol. The van der Waals surface area contributed by atoms with Gasteiger partial charge in [-0.15, -0.1) is 0 Å². The Labute approximate surface area is 109 Å². The number of fused-ring (bicyclic) bond motifs is 2. The fourth-order valence-corrected chi connectivity index (χ4v) is 2.53. The van der Waals surface area contributed by atoms with Crippen LogP contribution in [0.4, 0.5) is 5.69 Å². The van der Waals surface area contributed by atoms with Crippen LogP contribution in [0.3, 0.4) is 0 Å². The molecule has 94 valence electrons. The molecule has 1 aliphatic rings. The molecule has 1 aliphatic heterocycles. The van der Waals surface area contributed by atoms with Crippen molar-refractivity contribution in [3.8, 4) is 11.5 Å². The molecule has 1 aromatic carbocycles. The maximum atomic E-state index is 11.6. The number of imidazole rings is 1. The normalized spacial score (nSPS) is 17.7. The number of amides is 1. The second kappa shape index (κ2) is 3.47. The van der Waals surface area contributed by atoms with E-state index in [1.54, 1.807) is 0 Å². The van der Waals surface area contributed by atoms with Gasteiger partial charge in [0, 0.05) is 11.9 Å². The lowest BCUT2D eigenvalue weighted by atomic mass is 10.0. The summed E-state index contributed by atoms with van der Waals surface area (Å²) in [5.74, 6) is 0.756. The van der Waals surface area contributed by atoms with Gasteiger partial charge in [0.2, 0.25) is 5.91 Å². The van der Waals surface area contributed by atoms with E-state index < -0.39 is 0 Å². The molecule has 0 spiro atoms. The van der Waals surface area contributed by atoms with Gasteiger partial charge in [0.1, 0.15) is 0 Å². The van der Waals surface area contributed by atoms with E-state index in [1.807, 2.05) is 37.4 Å². The van der Waals surface area contributed by atoms with Crippen LogP contribution < -0.4 is 5.32 Å². The third kappa shape index (κ3) is 1.41. The van der Waals surface area contributed by atoms with Crippen LogP contribution in [-0.2, 0) is 4.79 Å². The molecule has 0 saturated heterocycles. The van der Waals surface area contributed by atoms with E-state index in [0.717, 1.165) is 33.8 Å². The summed E-state index contributed by atoms with van der Waals surface area (Å²) in [6, 6.07) is 7.84. The standard InChI is InChI=1S/C14H12N4O/c1-7-8-5-11-12(6-10(8)18-14(7)19)17-13(16-11)9-3-2-4-15-9/h2-7,15H,1H3,(H,16,17)(H,18,19). The van der Waals surface area contributed by atoms with Crippen molar-refractivity contribution in [1.29, 1.82) is 0 Å². The Bertz CT molecular complexity index is 785. The summed E-state index contributed by atoms with van der Waals surface area (Å²) < 4.78 is 0. The minimum atomic E-state index is -0.100. The van der Waals surface area contributed by atoms with Gasteiger partial charge in [0.15, 0.2) is 5.82 Å². The SMILES string of the molecule is CC1C(=O)Nc2cc3nc(-c4ccc[nH]4)[nH]c3cc21. The molecule has 1 amide bonds. The fraction of sp³-hybridized carbons (Fsp3) is 0.143. The number of carbonyl (C=O) groups excluding carboxylic acids is 1. The number of aromatic amines is 2. The van der Waals surface area contributed by atoms with Crippen LogP contribution in [0.5, 0.6) is 0 Å². The number of hydrogen-bond acceptors (Lipinski definition) is 2. The summed E-state index contributed by atoms with van der Waals surface area (Å²) >= 11 is 0. The minimum Gasteiger partial charge on any atom is -0.359 e. The zero-order valence-corrected chi connectivity index (χ0v) is 10.3. The molecule has 3 N–H and O–H groups in total. The smallest absolute Gasteiger partial charge is 0.231 e. The predicted octanol–water partition coefficient (Wildman–Crippen LogP) is 2.61. The lowest BCUT2D eigenvalue weighted by Crippen LogP contribution is -2.08. The third-order valence-corrected chi connectivity index (χ3v) is 3.62. The van der Waals surface area contributed by atoms with E-state index in [-0.39, 0.29) is 11.8 Å². The highest BCUT2D eigenvalue weighted by Crippen LogP contribution is 2.35. The second-order valence-corrected chi connectivity index (χ2v) is 4.84. The van der Waals surface area contributed by atoms with Crippen LogP contribution in [0.1, 0.15) is 18.4 Å². The average molecular weight is 252 g/mol. The maximum Gasteiger partial charge on any atom is 0.231 e. The summed E-state index contributed by atoms with van der Waals surface area (Å²) in [7, 11) is 0. The molecular weight excluding hydrogens is 240 g/mol. The van der Waals surface area contributed by atoms with Crippen molar-refractivity contribution in [2.45, 2.75) is 12.8 Å². The van der Waals surface area contributed by atoms with Gasteiger partial charge >= 0.3 is 0 Å². The molecule has 3 heterocycles. The maximum absolute atomic E-state index is 11.6. The Morgan fingerprint density at radius 1 is 1.32 bits per heavy atom. The summed E-state index contributed by atoms with van der Waals surface area (Å²) in [6.45, 7) is 1.91. The number of carbonyl (C=O) groups is 1. The molecular formula is C14H12N4O. The summed E-state index contributed by atoms with van der Waals surface area (Å²) in [6.07, 6.45) is 1.87. The van der Waals surface area contributed by atoms with Gasteiger partial charge in [-0.1, -0.05) is 0 Å². The van der Waals surface area contributed by atoms with Crippen molar-refractivity contribution >= 4 is 22.6 Å². The van der Waals surface area contributed by atoms with Crippen molar-refractivity contribution < 1.29 is 4.79 Å². The lowest BCUT2D eigenvalue weighted by Gasteiger charge is -1.99. The number of H-pyrrole nitrogens is 2. The van der Waals surface area contributed by atoms with E-state index in [1.165, 1.54) is 0 Å². The summed E-state index contributed by atoms with van der Waals surface area (Å²) in [5, 5.41) is 2.88. The number of aromatic nitrogens is 3. The van der Waals surface area contributed by atoms with Crippen molar-refractivity contribution in [2.24, 2.45) is 0 Å². The van der Waals surface area contributed by atoms with E-state index in [9.17, 15) is 4.79 Å². The Kier molecular flexibility index (Phi) is 1.90. The van der Waals surface area contributed by atoms with E-state index >= 15 is 0 Å². The zero-order valence-electron chi connectivity index (χ0n) is 10.3. The Hall–Kier alpha value is -2.56. The highest BCUT2D eigenvalue weighted by Gasteiger charge is 2.27. The predicted molar refractivity (Wildman–Crippen MR) is 72.9 cm³/mol. The van der Waals surface area contributed by atoms with Crippen LogP contribution >= 0.6 is 0 Å². The molecule has 0 fully saturated rings. The Morgan fingerprint density at radius 2 is 2.21 bits per heavy atom. The Morgan fingerprint density at radius 3 is 3.00 bits per heavy atom. The summed E-state index contributed by atoms with van der Waals surface area (Å²) in [4.78, 5) is 22.6. The molecule has 1 unspecified atom stereocenters. The molecule has 5 heteroatoms. The molecule has 0 radical (unpaired) electrons. The van der Waals surface area contributed by atoms with Crippen LogP contribution in [-0.4, -0.2) is 20.9 Å². The van der Waals surface area contributed by atoms with Crippen molar-refractivity contribution in [2.75, 3.05) is 5.32 Å². The fourth-order valence-electron chi connectivity index (χ4n) is 2.53. The lowest BCUT2D eigenvalue weighted by molar-refractivity contribution is -0.116. The summed E-state index contributed by atoms with van der Waals surface area (Å²) in [5.41, 5.74) is 4.66. The molecule has 0 bridgehead atoms. The van der Waals surface area contributed by atoms with Gasteiger partial charge in [-0.25, -0.2) is 4.98 Å². The first-order valence-electron chi connectivity index (χ1n) is 6.20. The Balaban J connectivity index is 1.91. The number of nitrogens with zero attached hydrogens (tertiary/aromatic N) is 1. The zero-order chi connectivity index (χ0) is 13.0. The minimum absolute atomic E-state index is 0.0484. The highest BCUT2D eigenvalue weighted by molar-refractivity contribution is 6.05. The van der Waals surface area contributed by atoms with E-state index in [4.69, 9.17) is 0 Å². The van der Waals surface area contributed by atoms with Crippen LogP contribution in [0.15, 0.2) is 30.5 Å². The first kappa shape index (κ1) is 10.4. The van der Waals surface area contributed by atoms with Crippen LogP contribution in [0.2, 0.25) is 0 Å². The van der Waals surface area contributed by atoms with Gasteiger partial charge < -0.3 is 15.3 Å². The average Bonchev–Trinajstić information content (AvgIpc) is 3.08. The third-order valence-electron chi connectivity index (χ3n) is 3.62. The number of benzene rings is 1. The molecule has 2 aromatic heterocycles.